The zero-order valence-corrected chi connectivity index (χ0v) is 9.40. The number of carbonyl (C=O) groups excluding carboxylic acids is 1. The van der Waals surface area contributed by atoms with Crippen molar-refractivity contribution < 1.29 is 4.79 Å². The minimum Gasteiger partial charge on any atom is -0.351 e. The highest BCUT2D eigenvalue weighted by Crippen LogP contribution is 2.30. The van der Waals surface area contributed by atoms with Crippen LogP contribution in [0.1, 0.15) is 25.7 Å². The van der Waals surface area contributed by atoms with Gasteiger partial charge in [0.1, 0.15) is 0 Å². The molecule has 2 rings (SSSR count). The van der Waals surface area contributed by atoms with Crippen molar-refractivity contribution in [1.82, 2.24) is 10.6 Å². The topological polar surface area (TPSA) is 41.1 Å². The van der Waals surface area contributed by atoms with Gasteiger partial charge in [0.25, 0.3) is 0 Å². The molecule has 2 aliphatic rings. The second-order valence-corrected chi connectivity index (χ2v) is 5.19. The van der Waals surface area contributed by atoms with Gasteiger partial charge in [-0.1, -0.05) is 0 Å². The third-order valence-corrected chi connectivity index (χ3v) is 4.39. The van der Waals surface area contributed by atoms with E-state index in [9.17, 15) is 4.79 Å². The number of nitrogens with one attached hydrogen (secondary N) is 2. The second-order valence-electron chi connectivity index (χ2n) is 4.12. The van der Waals surface area contributed by atoms with E-state index in [1.807, 2.05) is 11.8 Å². The van der Waals surface area contributed by atoms with Gasteiger partial charge in [0.05, 0.1) is 6.04 Å². The summed E-state index contributed by atoms with van der Waals surface area (Å²) in [6, 6.07) is 0.512. The normalized spacial score (nSPS) is 36.5. The van der Waals surface area contributed by atoms with E-state index >= 15 is 0 Å². The first-order valence-corrected chi connectivity index (χ1v) is 6.66. The highest BCUT2D eigenvalue weighted by Gasteiger charge is 2.33. The second kappa shape index (κ2) is 4.53. The summed E-state index contributed by atoms with van der Waals surface area (Å²) in [7, 11) is 0. The predicted molar refractivity (Wildman–Crippen MR) is 59.5 cm³/mol. The molecule has 1 amide bonds. The Morgan fingerprint density at radius 3 is 2.79 bits per heavy atom. The van der Waals surface area contributed by atoms with Crippen LogP contribution in [0.4, 0.5) is 0 Å². The molecule has 2 N–H and O–H groups in total. The van der Waals surface area contributed by atoms with Gasteiger partial charge in [-0.2, -0.15) is 11.8 Å². The Balaban J connectivity index is 1.76. The van der Waals surface area contributed by atoms with Crippen molar-refractivity contribution in [2.24, 2.45) is 0 Å². The molecule has 1 heterocycles. The molecule has 80 valence electrons. The zero-order chi connectivity index (χ0) is 9.97. The van der Waals surface area contributed by atoms with Crippen LogP contribution in [0.3, 0.4) is 0 Å². The van der Waals surface area contributed by atoms with Gasteiger partial charge in [-0.15, -0.1) is 0 Å². The molecule has 2 fully saturated rings. The van der Waals surface area contributed by atoms with Gasteiger partial charge in [-0.25, -0.2) is 0 Å². The van der Waals surface area contributed by atoms with Crippen LogP contribution in [0, 0.1) is 0 Å². The minimum absolute atomic E-state index is 0.0816. The van der Waals surface area contributed by atoms with Crippen LogP contribution >= 0.6 is 11.8 Å². The third kappa shape index (κ3) is 2.06. The summed E-state index contributed by atoms with van der Waals surface area (Å²) in [5.74, 6) is 0.214. The molecule has 1 saturated heterocycles. The number of carbonyl (C=O) groups is 1. The Hall–Kier alpha value is -0.220. The fourth-order valence-electron chi connectivity index (χ4n) is 2.11. The molecule has 0 aromatic heterocycles. The molecule has 0 radical (unpaired) electrons. The van der Waals surface area contributed by atoms with Crippen LogP contribution in [0.15, 0.2) is 0 Å². The molecule has 0 bridgehead atoms. The monoisotopic (exact) mass is 214 g/mol. The summed E-state index contributed by atoms with van der Waals surface area (Å²) < 4.78 is 0. The Kier molecular flexibility index (Phi) is 3.34. The summed E-state index contributed by atoms with van der Waals surface area (Å²) in [6.45, 7) is 0.995. The van der Waals surface area contributed by atoms with Gasteiger partial charge in [-0.05, 0) is 38.5 Å². The van der Waals surface area contributed by atoms with Gasteiger partial charge >= 0.3 is 0 Å². The summed E-state index contributed by atoms with van der Waals surface area (Å²) in [6.07, 6.45) is 6.67. The molecule has 4 heteroatoms. The SMILES string of the molecule is CSC1CCC1NC(=O)C1CCCN1. The minimum atomic E-state index is 0.0816. The lowest BCUT2D eigenvalue weighted by atomic mass is 9.92. The summed E-state index contributed by atoms with van der Waals surface area (Å²) in [5.41, 5.74) is 0. The van der Waals surface area contributed by atoms with Crippen molar-refractivity contribution >= 4 is 17.7 Å². The van der Waals surface area contributed by atoms with Crippen molar-refractivity contribution in [3.8, 4) is 0 Å². The Bertz CT molecular complexity index is 214. The summed E-state index contributed by atoms with van der Waals surface area (Å²) in [5, 5.41) is 7.01. The maximum Gasteiger partial charge on any atom is 0.237 e. The average molecular weight is 214 g/mol. The smallest absolute Gasteiger partial charge is 0.237 e. The Morgan fingerprint density at radius 1 is 1.43 bits per heavy atom. The maximum absolute atomic E-state index is 11.7. The van der Waals surface area contributed by atoms with Crippen LogP contribution < -0.4 is 10.6 Å². The lowest BCUT2D eigenvalue weighted by Crippen LogP contribution is -2.53. The fourth-order valence-corrected chi connectivity index (χ4v) is 3.01. The molecule has 1 aliphatic carbocycles. The van der Waals surface area contributed by atoms with Crippen molar-refractivity contribution in [2.45, 2.75) is 43.0 Å². The van der Waals surface area contributed by atoms with Crippen molar-refractivity contribution in [2.75, 3.05) is 12.8 Å². The lowest BCUT2D eigenvalue weighted by Gasteiger charge is -2.36. The van der Waals surface area contributed by atoms with Gasteiger partial charge in [-0.3, -0.25) is 4.79 Å². The van der Waals surface area contributed by atoms with E-state index in [0.29, 0.717) is 11.3 Å². The highest BCUT2D eigenvalue weighted by atomic mass is 32.2. The molecule has 1 aliphatic heterocycles. The maximum atomic E-state index is 11.7. The first kappa shape index (κ1) is 10.3. The van der Waals surface area contributed by atoms with E-state index in [1.165, 1.54) is 6.42 Å². The Morgan fingerprint density at radius 2 is 2.29 bits per heavy atom. The van der Waals surface area contributed by atoms with E-state index in [4.69, 9.17) is 0 Å². The average Bonchev–Trinajstić information content (AvgIpc) is 2.65. The van der Waals surface area contributed by atoms with Crippen LogP contribution in [-0.2, 0) is 4.79 Å². The number of thioether (sulfide) groups is 1. The lowest BCUT2D eigenvalue weighted by molar-refractivity contribution is -0.123. The van der Waals surface area contributed by atoms with E-state index in [2.05, 4.69) is 16.9 Å². The fraction of sp³-hybridized carbons (Fsp3) is 0.900. The molecule has 3 unspecified atom stereocenters. The molecular weight excluding hydrogens is 196 g/mol. The van der Waals surface area contributed by atoms with E-state index < -0.39 is 0 Å². The highest BCUT2D eigenvalue weighted by molar-refractivity contribution is 7.99. The largest absolute Gasteiger partial charge is 0.351 e. The van der Waals surface area contributed by atoms with Crippen LogP contribution in [0.5, 0.6) is 0 Å². The van der Waals surface area contributed by atoms with Gasteiger partial charge in [0.15, 0.2) is 0 Å². The molecule has 0 aromatic rings. The van der Waals surface area contributed by atoms with E-state index in [1.54, 1.807) is 0 Å². The molecule has 3 nitrogen and oxygen atoms in total. The number of hydrogen-bond donors (Lipinski definition) is 2. The van der Waals surface area contributed by atoms with Crippen molar-refractivity contribution in [3.63, 3.8) is 0 Å². The van der Waals surface area contributed by atoms with Crippen LogP contribution in [-0.4, -0.2) is 36.0 Å². The summed E-state index contributed by atoms with van der Waals surface area (Å²) >= 11 is 1.87. The third-order valence-electron chi connectivity index (χ3n) is 3.22. The van der Waals surface area contributed by atoms with E-state index in [-0.39, 0.29) is 11.9 Å². The standard InChI is InChI=1S/C10H18N2OS/c1-14-9-5-4-7(9)12-10(13)8-3-2-6-11-8/h7-9,11H,2-6H2,1H3,(H,12,13). The predicted octanol–water partition coefficient (Wildman–Crippen LogP) is 0.749. The van der Waals surface area contributed by atoms with Crippen LogP contribution in [0.25, 0.3) is 0 Å². The molecule has 0 aromatic carbocycles. The number of rotatable bonds is 3. The molecule has 14 heavy (non-hydrogen) atoms. The van der Waals surface area contributed by atoms with Gasteiger partial charge in [0, 0.05) is 11.3 Å². The first-order chi connectivity index (χ1) is 6.81. The quantitative estimate of drug-likeness (QED) is 0.728. The zero-order valence-electron chi connectivity index (χ0n) is 8.58. The number of amides is 1. The summed E-state index contributed by atoms with van der Waals surface area (Å²) in [4.78, 5) is 11.7. The molecule has 3 atom stereocenters. The first-order valence-electron chi connectivity index (χ1n) is 5.38. The van der Waals surface area contributed by atoms with E-state index in [0.717, 1.165) is 25.8 Å². The van der Waals surface area contributed by atoms with Crippen molar-refractivity contribution in [1.29, 1.82) is 0 Å². The van der Waals surface area contributed by atoms with Gasteiger partial charge < -0.3 is 10.6 Å². The van der Waals surface area contributed by atoms with Crippen LogP contribution in [0.2, 0.25) is 0 Å². The molecule has 0 spiro atoms. The van der Waals surface area contributed by atoms with Crippen molar-refractivity contribution in [3.05, 3.63) is 0 Å². The Labute approximate surface area is 89.4 Å². The van der Waals surface area contributed by atoms with Gasteiger partial charge in [0.2, 0.25) is 5.91 Å². The molecular formula is C10H18N2OS. The number of hydrogen-bond acceptors (Lipinski definition) is 3. The molecule has 1 saturated carbocycles.